The molecule has 6 heteroatoms. The molecule has 0 radical (unpaired) electrons. The molecule has 5 nitrogen and oxygen atoms in total. The van der Waals surface area contributed by atoms with Crippen molar-refractivity contribution in [1.82, 2.24) is 20.3 Å². The number of carbonyl (C=O) groups is 1. The number of hydrogen-bond acceptors (Lipinski definition) is 3. The zero-order valence-electron chi connectivity index (χ0n) is 13.1. The van der Waals surface area contributed by atoms with Crippen LogP contribution in [0.2, 0.25) is 0 Å². The largest absolute Gasteiger partial charge is 0.348 e. The van der Waals surface area contributed by atoms with E-state index >= 15 is 0 Å². The maximum atomic E-state index is 13.1. The van der Waals surface area contributed by atoms with Crippen LogP contribution in [0.4, 0.5) is 4.39 Å². The third-order valence-corrected chi connectivity index (χ3v) is 3.20. The van der Waals surface area contributed by atoms with Gasteiger partial charge in [-0.05, 0) is 29.5 Å². The van der Waals surface area contributed by atoms with Crippen LogP contribution in [0.5, 0.6) is 0 Å². The molecule has 2 rings (SSSR count). The number of benzene rings is 1. The SMILES string of the molecule is CC(C)(C)CC(NC(=O)Cn1ccnn1)c1ccc(F)cc1. The predicted octanol–water partition coefficient (Wildman–Crippen LogP) is 2.71. The van der Waals surface area contributed by atoms with Crippen molar-refractivity contribution in [3.05, 3.63) is 48.0 Å². The van der Waals surface area contributed by atoms with Crippen molar-refractivity contribution in [2.75, 3.05) is 0 Å². The van der Waals surface area contributed by atoms with Crippen LogP contribution in [0.1, 0.15) is 38.8 Å². The molecule has 1 heterocycles. The first-order valence-electron chi connectivity index (χ1n) is 7.22. The summed E-state index contributed by atoms with van der Waals surface area (Å²) in [6.45, 7) is 6.43. The molecule has 118 valence electrons. The van der Waals surface area contributed by atoms with Gasteiger partial charge in [-0.2, -0.15) is 0 Å². The molecule has 1 unspecified atom stereocenters. The van der Waals surface area contributed by atoms with Gasteiger partial charge in [-0.15, -0.1) is 5.10 Å². The predicted molar refractivity (Wildman–Crippen MR) is 81.4 cm³/mol. The van der Waals surface area contributed by atoms with Crippen molar-refractivity contribution in [1.29, 1.82) is 0 Å². The molecule has 0 spiro atoms. The molecule has 0 bridgehead atoms. The minimum Gasteiger partial charge on any atom is -0.348 e. The number of amides is 1. The quantitative estimate of drug-likeness (QED) is 0.924. The van der Waals surface area contributed by atoms with Gasteiger partial charge in [0.2, 0.25) is 5.91 Å². The smallest absolute Gasteiger partial charge is 0.242 e. The fourth-order valence-corrected chi connectivity index (χ4v) is 2.26. The maximum absolute atomic E-state index is 13.1. The highest BCUT2D eigenvalue weighted by Gasteiger charge is 2.22. The maximum Gasteiger partial charge on any atom is 0.242 e. The summed E-state index contributed by atoms with van der Waals surface area (Å²) in [5, 5.41) is 10.4. The number of rotatable bonds is 5. The van der Waals surface area contributed by atoms with Crippen LogP contribution in [0.15, 0.2) is 36.7 Å². The zero-order chi connectivity index (χ0) is 16.2. The van der Waals surface area contributed by atoms with Crippen LogP contribution >= 0.6 is 0 Å². The Balaban J connectivity index is 2.10. The first-order chi connectivity index (χ1) is 10.3. The number of aromatic nitrogens is 3. The Morgan fingerprint density at radius 3 is 2.55 bits per heavy atom. The molecule has 1 atom stereocenters. The van der Waals surface area contributed by atoms with E-state index in [1.165, 1.54) is 23.0 Å². The van der Waals surface area contributed by atoms with E-state index in [0.717, 1.165) is 12.0 Å². The second kappa shape index (κ2) is 6.68. The van der Waals surface area contributed by atoms with E-state index in [1.54, 1.807) is 18.3 Å². The standard InChI is InChI=1S/C16H21FN4O/c1-16(2,3)10-14(12-4-6-13(17)7-5-12)19-15(22)11-21-9-8-18-20-21/h4-9,14H,10-11H2,1-3H3,(H,19,22). The van der Waals surface area contributed by atoms with E-state index < -0.39 is 0 Å². The lowest BCUT2D eigenvalue weighted by Crippen LogP contribution is -2.33. The first kappa shape index (κ1) is 16.1. The minimum absolute atomic E-state index is 0.0274. The topological polar surface area (TPSA) is 59.8 Å². The second-order valence-corrected chi connectivity index (χ2v) is 6.54. The lowest BCUT2D eigenvalue weighted by Gasteiger charge is -2.27. The van der Waals surface area contributed by atoms with E-state index in [-0.39, 0.29) is 29.7 Å². The lowest BCUT2D eigenvalue weighted by molar-refractivity contribution is -0.122. The fourth-order valence-electron chi connectivity index (χ4n) is 2.26. The summed E-state index contributed by atoms with van der Waals surface area (Å²) in [7, 11) is 0. The van der Waals surface area contributed by atoms with Gasteiger partial charge in [-0.3, -0.25) is 4.79 Å². The van der Waals surface area contributed by atoms with E-state index in [9.17, 15) is 9.18 Å². The van der Waals surface area contributed by atoms with Crippen molar-refractivity contribution in [3.8, 4) is 0 Å². The number of hydrogen-bond donors (Lipinski definition) is 1. The molecule has 1 N–H and O–H groups in total. The van der Waals surface area contributed by atoms with Gasteiger partial charge in [-0.1, -0.05) is 38.1 Å². The van der Waals surface area contributed by atoms with Crippen LogP contribution in [0, 0.1) is 11.2 Å². The molecular weight excluding hydrogens is 283 g/mol. The van der Waals surface area contributed by atoms with Crippen LogP contribution in [-0.2, 0) is 11.3 Å². The third kappa shape index (κ3) is 4.95. The highest BCUT2D eigenvalue weighted by atomic mass is 19.1. The molecular formula is C16H21FN4O. The van der Waals surface area contributed by atoms with Crippen LogP contribution in [0.3, 0.4) is 0 Å². The number of carbonyl (C=O) groups excluding carboxylic acids is 1. The Labute approximate surface area is 129 Å². The van der Waals surface area contributed by atoms with Crippen molar-refractivity contribution in [2.24, 2.45) is 5.41 Å². The molecule has 0 aliphatic rings. The number of halogens is 1. The Morgan fingerprint density at radius 1 is 1.32 bits per heavy atom. The summed E-state index contributed by atoms with van der Waals surface area (Å²) in [6.07, 6.45) is 3.91. The van der Waals surface area contributed by atoms with Gasteiger partial charge in [0.25, 0.3) is 0 Å². The summed E-state index contributed by atoms with van der Waals surface area (Å²) in [4.78, 5) is 12.2. The molecule has 0 aliphatic heterocycles. The van der Waals surface area contributed by atoms with E-state index in [2.05, 4.69) is 36.4 Å². The summed E-state index contributed by atoms with van der Waals surface area (Å²) >= 11 is 0. The van der Waals surface area contributed by atoms with Crippen molar-refractivity contribution in [2.45, 2.75) is 39.8 Å². The van der Waals surface area contributed by atoms with Crippen LogP contribution in [0.25, 0.3) is 0 Å². The average molecular weight is 304 g/mol. The summed E-state index contributed by atoms with van der Waals surface area (Å²) < 4.78 is 14.6. The molecule has 0 aliphatic carbocycles. The van der Waals surface area contributed by atoms with E-state index in [4.69, 9.17) is 0 Å². The van der Waals surface area contributed by atoms with E-state index in [0.29, 0.717) is 0 Å². The van der Waals surface area contributed by atoms with Crippen LogP contribution in [-0.4, -0.2) is 20.9 Å². The normalized spacial score (nSPS) is 12.9. The van der Waals surface area contributed by atoms with Crippen molar-refractivity contribution < 1.29 is 9.18 Å². The number of nitrogens with zero attached hydrogens (tertiary/aromatic N) is 3. The molecule has 0 fully saturated rings. The second-order valence-electron chi connectivity index (χ2n) is 6.54. The molecule has 1 aromatic heterocycles. The van der Waals surface area contributed by atoms with Gasteiger partial charge in [0.1, 0.15) is 12.4 Å². The first-order valence-corrected chi connectivity index (χ1v) is 7.22. The zero-order valence-corrected chi connectivity index (χ0v) is 13.1. The molecule has 2 aromatic rings. The monoisotopic (exact) mass is 304 g/mol. The van der Waals surface area contributed by atoms with Gasteiger partial charge < -0.3 is 5.32 Å². The number of nitrogens with one attached hydrogen (secondary N) is 1. The fraction of sp³-hybridized carbons (Fsp3) is 0.438. The Bertz CT molecular complexity index is 602. The molecule has 1 aromatic carbocycles. The molecule has 22 heavy (non-hydrogen) atoms. The van der Waals surface area contributed by atoms with E-state index in [1.807, 2.05) is 0 Å². The van der Waals surface area contributed by atoms with Gasteiger partial charge in [0.15, 0.2) is 0 Å². The van der Waals surface area contributed by atoms with Crippen molar-refractivity contribution >= 4 is 5.91 Å². The van der Waals surface area contributed by atoms with Gasteiger partial charge in [0.05, 0.1) is 12.2 Å². The van der Waals surface area contributed by atoms with Gasteiger partial charge in [0, 0.05) is 6.20 Å². The minimum atomic E-state index is -0.285. The third-order valence-electron chi connectivity index (χ3n) is 3.20. The van der Waals surface area contributed by atoms with Crippen LogP contribution < -0.4 is 5.32 Å². The molecule has 1 amide bonds. The summed E-state index contributed by atoms with van der Waals surface area (Å²) in [5.74, 6) is -0.434. The van der Waals surface area contributed by atoms with Crippen molar-refractivity contribution in [3.63, 3.8) is 0 Å². The highest BCUT2D eigenvalue weighted by molar-refractivity contribution is 5.76. The summed E-state index contributed by atoms with van der Waals surface area (Å²) in [6, 6.07) is 6.07. The Morgan fingerprint density at radius 2 is 2.00 bits per heavy atom. The van der Waals surface area contributed by atoms with Gasteiger partial charge >= 0.3 is 0 Å². The lowest BCUT2D eigenvalue weighted by atomic mass is 9.85. The highest BCUT2D eigenvalue weighted by Crippen LogP contribution is 2.29. The average Bonchev–Trinajstić information content (AvgIpc) is 2.90. The summed E-state index contributed by atoms with van der Waals surface area (Å²) in [5.41, 5.74) is 0.919. The molecule has 0 saturated heterocycles. The van der Waals surface area contributed by atoms with Gasteiger partial charge in [-0.25, -0.2) is 9.07 Å². The molecule has 0 saturated carbocycles. The Hall–Kier alpha value is -2.24. The Kier molecular flexibility index (Phi) is 4.90.